The van der Waals surface area contributed by atoms with Crippen LogP contribution in [-0.2, 0) is 21.3 Å². The molecular weight excluding hydrogens is 294 g/mol. The van der Waals surface area contributed by atoms with Crippen molar-refractivity contribution >= 4 is 16.1 Å². The maximum absolute atomic E-state index is 10.6. The van der Waals surface area contributed by atoms with Crippen molar-refractivity contribution in [3.63, 3.8) is 0 Å². The molecule has 120 valence electrons. The third-order valence-electron chi connectivity index (χ3n) is 3.17. The van der Waals surface area contributed by atoms with Gasteiger partial charge in [-0.3, -0.25) is 9.35 Å². The van der Waals surface area contributed by atoms with Gasteiger partial charge in [-0.2, -0.15) is 8.42 Å². The molecule has 0 aliphatic rings. The van der Waals surface area contributed by atoms with Gasteiger partial charge in [0, 0.05) is 0 Å². The van der Waals surface area contributed by atoms with Gasteiger partial charge in [-0.25, -0.2) is 0 Å². The highest BCUT2D eigenvalue weighted by Crippen LogP contribution is 2.09. The summed E-state index contributed by atoms with van der Waals surface area (Å²) in [6, 6.07) is 5.46. The molecule has 0 aromatic heterocycles. The molecule has 1 unspecified atom stereocenters. The van der Waals surface area contributed by atoms with E-state index in [1.807, 2.05) is 20.8 Å². The van der Waals surface area contributed by atoms with E-state index in [1.165, 1.54) is 12.1 Å². The normalized spacial score (nSPS) is 13.8. The molecule has 0 aliphatic carbocycles. The second-order valence-corrected chi connectivity index (χ2v) is 6.14. The highest BCUT2D eigenvalue weighted by Gasteiger charge is 2.17. The van der Waals surface area contributed by atoms with Gasteiger partial charge in [-0.05, 0) is 30.0 Å². The minimum Gasteiger partial charge on any atom is -0.480 e. The summed E-state index contributed by atoms with van der Waals surface area (Å²) in [6.45, 7) is 5.73. The van der Waals surface area contributed by atoms with Gasteiger partial charge in [0.15, 0.2) is 0 Å². The van der Waals surface area contributed by atoms with Crippen LogP contribution in [0.15, 0.2) is 29.2 Å². The Morgan fingerprint density at radius 3 is 1.95 bits per heavy atom. The molecule has 7 heteroatoms. The molecule has 0 amide bonds. The molecule has 0 heterocycles. The number of nitrogens with two attached hydrogens (primary N) is 1. The van der Waals surface area contributed by atoms with Crippen molar-refractivity contribution in [2.75, 3.05) is 0 Å². The Bertz CT molecular complexity index is 539. The smallest absolute Gasteiger partial charge is 0.320 e. The van der Waals surface area contributed by atoms with Crippen molar-refractivity contribution in [1.29, 1.82) is 0 Å². The van der Waals surface area contributed by atoms with Gasteiger partial charge < -0.3 is 10.8 Å². The van der Waals surface area contributed by atoms with Crippen molar-refractivity contribution in [2.24, 2.45) is 11.7 Å². The summed E-state index contributed by atoms with van der Waals surface area (Å²) in [6.07, 6.45) is 1.67. The number of rotatable bonds is 5. The summed E-state index contributed by atoms with van der Waals surface area (Å²) in [7, 11) is -4.03. The van der Waals surface area contributed by atoms with Gasteiger partial charge in [-0.15, -0.1) is 0 Å². The molecular formula is C14H23NO5S. The topological polar surface area (TPSA) is 118 Å². The lowest BCUT2D eigenvalue weighted by Gasteiger charge is -2.11. The zero-order valence-corrected chi connectivity index (χ0v) is 13.3. The Hall–Kier alpha value is -1.44. The molecule has 0 bridgehead atoms. The van der Waals surface area contributed by atoms with E-state index in [0.29, 0.717) is 0 Å². The number of carbonyl (C=O) groups is 1. The largest absolute Gasteiger partial charge is 0.480 e. The molecule has 6 nitrogen and oxygen atoms in total. The molecule has 1 aromatic rings. The number of benzene rings is 1. The third-order valence-corrected chi connectivity index (χ3v) is 4.04. The number of aliphatic carboxylic acids is 1. The van der Waals surface area contributed by atoms with Crippen molar-refractivity contribution in [3.05, 3.63) is 29.8 Å². The lowest BCUT2D eigenvalue weighted by molar-refractivity contribution is -0.139. The Morgan fingerprint density at radius 2 is 1.71 bits per heavy atom. The Balaban J connectivity index is 0.000000400. The van der Waals surface area contributed by atoms with Gasteiger partial charge >= 0.3 is 5.97 Å². The summed E-state index contributed by atoms with van der Waals surface area (Å²) in [5.74, 6) is -0.841. The summed E-state index contributed by atoms with van der Waals surface area (Å²) in [5, 5.41) is 8.36. The highest BCUT2D eigenvalue weighted by molar-refractivity contribution is 7.85. The first-order valence-corrected chi connectivity index (χ1v) is 8.12. The average Bonchev–Trinajstić information content (AvgIpc) is 2.45. The molecule has 0 spiro atoms. The maximum Gasteiger partial charge on any atom is 0.320 e. The average molecular weight is 317 g/mol. The van der Waals surface area contributed by atoms with Crippen LogP contribution in [-0.4, -0.2) is 30.1 Å². The van der Waals surface area contributed by atoms with E-state index in [-0.39, 0.29) is 10.8 Å². The minimum absolute atomic E-state index is 0.0558. The monoisotopic (exact) mass is 317 g/mol. The van der Waals surface area contributed by atoms with Crippen LogP contribution < -0.4 is 5.73 Å². The molecule has 4 N–H and O–H groups in total. The first kappa shape index (κ1) is 19.6. The molecule has 1 rings (SSSR count). The minimum atomic E-state index is -4.03. The van der Waals surface area contributed by atoms with Crippen LogP contribution in [0.25, 0.3) is 0 Å². The molecule has 0 fully saturated rings. The molecule has 0 aliphatic heterocycles. The number of carboxylic acids is 1. The van der Waals surface area contributed by atoms with Crippen LogP contribution in [0.5, 0.6) is 0 Å². The lowest BCUT2D eigenvalue weighted by atomic mass is 10.0. The summed E-state index contributed by atoms with van der Waals surface area (Å²) in [4.78, 5) is 10.1. The van der Waals surface area contributed by atoms with Gasteiger partial charge in [-0.1, -0.05) is 39.3 Å². The van der Waals surface area contributed by atoms with E-state index in [0.717, 1.165) is 18.4 Å². The molecule has 2 atom stereocenters. The van der Waals surface area contributed by atoms with Crippen LogP contribution in [0.2, 0.25) is 0 Å². The molecule has 0 saturated heterocycles. The standard InChI is InChI=1S/C8H10O3S.C6H13NO2/c1-2-7-3-5-8(6-4-7)12(9,10)11;1-3-4(2)5(7)6(8)9/h3-6H,2H2,1H3,(H,9,10,11);4-5H,3,7H2,1-2H3,(H,8,9)/t;4?,5-/m.0/s1. The Kier molecular flexibility index (Phi) is 8.16. The number of hydrogen-bond donors (Lipinski definition) is 3. The van der Waals surface area contributed by atoms with Crippen molar-refractivity contribution in [1.82, 2.24) is 0 Å². The Labute approximate surface area is 125 Å². The zero-order valence-electron chi connectivity index (χ0n) is 12.5. The van der Waals surface area contributed by atoms with Crippen molar-refractivity contribution in [2.45, 2.75) is 44.6 Å². The quantitative estimate of drug-likeness (QED) is 0.714. The van der Waals surface area contributed by atoms with Crippen LogP contribution in [0.4, 0.5) is 0 Å². The predicted molar refractivity (Wildman–Crippen MR) is 80.7 cm³/mol. The Morgan fingerprint density at radius 1 is 1.24 bits per heavy atom. The molecule has 0 radical (unpaired) electrons. The number of hydrogen-bond acceptors (Lipinski definition) is 4. The summed E-state index contributed by atoms with van der Waals surface area (Å²) >= 11 is 0. The molecule has 1 aromatic carbocycles. The number of carboxylic acid groups (broad SMARTS) is 1. The van der Waals surface area contributed by atoms with E-state index in [4.69, 9.17) is 15.4 Å². The first-order valence-electron chi connectivity index (χ1n) is 6.68. The molecule has 21 heavy (non-hydrogen) atoms. The fraction of sp³-hybridized carbons (Fsp3) is 0.500. The zero-order chi connectivity index (χ0) is 16.6. The van der Waals surface area contributed by atoms with E-state index < -0.39 is 22.1 Å². The van der Waals surface area contributed by atoms with E-state index in [2.05, 4.69) is 0 Å². The van der Waals surface area contributed by atoms with Crippen LogP contribution in [0.1, 0.15) is 32.8 Å². The van der Waals surface area contributed by atoms with E-state index >= 15 is 0 Å². The highest BCUT2D eigenvalue weighted by atomic mass is 32.2. The summed E-state index contributed by atoms with van der Waals surface area (Å²) in [5.41, 5.74) is 6.31. The second-order valence-electron chi connectivity index (χ2n) is 4.72. The maximum atomic E-state index is 10.6. The van der Waals surface area contributed by atoms with Crippen LogP contribution >= 0.6 is 0 Å². The van der Waals surface area contributed by atoms with Gasteiger partial charge in [0.25, 0.3) is 10.1 Å². The van der Waals surface area contributed by atoms with Gasteiger partial charge in [0.1, 0.15) is 6.04 Å². The van der Waals surface area contributed by atoms with E-state index in [1.54, 1.807) is 12.1 Å². The van der Waals surface area contributed by atoms with E-state index in [9.17, 15) is 13.2 Å². The van der Waals surface area contributed by atoms with Gasteiger partial charge in [0.05, 0.1) is 4.90 Å². The number of aryl methyl sites for hydroxylation is 1. The molecule has 0 saturated carbocycles. The van der Waals surface area contributed by atoms with Gasteiger partial charge in [0.2, 0.25) is 0 Å². The van der Waals surface area contributed by atoms with Crippen molar-refractivity contribution < 1.29 is 22.9 Å². The fourth-order valence-corrected chi connectivity index (χ4v) is 1.87. The third kappa shape index (κ3) is 7.22. The first-order chi connectivity index (χ1) is 9.63. The second kappa shape index (κ2) is 8.76. The summed E-state index contributed by atoms with van der Waals surface area (Å²) < 4.78 is 29.8. The lowest BCUT2D eigenvalue weighted by Crippen LogP contribution is -2.36. The fourth-order valence-electron chi connectivity index (χ4n) is 1.39. The van der Waals surface area contributed by atoms with Crippen LogP contribution in [0, 0.1) is 5.92 Å². The SMILES string of the molecule is CCC(C)[C@H](N)C(=O)O.CCc1ccc(S(=O)(=O)O)cc1. The predicted octanol–water partition coefficient (Wildman–Crippen LogP) is 1.94. The van der Waals surface area contributed by atoms with Crippen LogP contribution in [0.3, 0.4) is 0 Å². The van der Waals surface area contributed by atoms with Crippen molar-refractivity contribution in [3.8, 4) is 0 Å².